The van der Waals surface area contributed by atoms with Crippen LogP contribution in [0.4, 0.5) is 10.5 Å². The first kappa shape index (κ1) is 16.8. The molecule has 0 saturated heterocycles. The monoisotopic (exact) mass is 353 g/mol. The van der Waals surface area contributed by atoms with Gasteiger partial charge < -0.3 is 10.1 Å². The molecule has 0 bridgehead atoms. The van der Waals surface area contributed by atoms with Crippen LogP contribution in [0.15, 0.2) is 65.8 Å². The lowest BCUT2D eigenvalue weighted by molar-refractivity contribution is 0.252. The maximum Gasteiger partial charge on any atom is 0.339 e. The fourth-order valence-electron chi connectivity index (χ4n) is 2.30. The van der Waals surface area contributed by atoms with E-state index < -0.39 is 6.03 Å². The largest absolute Gasteiger partial charge is 0.497 e. The highest BCUT2D eigenvalue weighted by Gasteiger charge is 2.02. The second kappa shape index (κ2) is 7.68. The molecule has 0 spiro atoms. The topological polar surface area (TPSA) is 62.7 Å². The first-order valence-electron chi connectivity index (χ1n) is 7.57. The number of hydrogen-bond acceptors (Lipinski definition) is 3. The van der Waals surface area contributed by atoms with Gasteiger partial charge in [0.15, 0.2) is 0 Å². The summed E-state index contributed by atoms with van der Waals surface area (Å²) in [7, 11) is 1.63. The highest BCUT2D eigenvalue weighted by atomic mass is 35.5. The number of hydrogen-bond donors (Lipinski definition) is 2. The Morgan fingerprint density at radius 1 is 1.04 bits per heavy atom. The van der Waals surface area contributed by atoms with Crippen LogP contribution < -0.4 is 15.5 Å². The molecule has 0 radical (unpaired) electrons. The fraction of sp³-hybridized carbons (Fsp3) is 0.0526. The number of ether oxygens (including phenoxy) is 1. The molecule has 2 amide bonds. The Morgan fingerprint density at radius 2 is 1.76 bits per heavy atom. The lowest BCUT2D eigenvalue weighted by atomic mass is 10.1. The van der Waals surface area contributed by atoms with E-state index in [1.165, 1.54) is 0 Å². The minimum atomic E-state index is -0.418. The molecular weight excluding hydrogens is 338 g/mol. The van der Waals surface area contributed by atoms with Crippen LogP contribution in [0.1, 0.15) is 5.56 Å². The highest BCUT2D eigenvalue weighted by Crippen LogP contribution is 2.23. The van der Waals surface area contributed by atoms with Crippen molar-refractivity contribution < 1.29 is 9.53 Å². The predicted octanol–water partition coefficient (Wildman–Crippen LogP) is 4.66. The van der Waals surface area contributed by atoms with Crippen molar-refractivity contribution in [1.82, 2.24) is 5.43 Å². The van der Waals surface area contributed by atoms with Gasteiger partial charge in [-0.05, 0) is 52.7 Å². The molecule has 25 heavy (non-hydrogen) atoms. The zero-order chi connectivity index (χ0) is 17.6. The average molecular weight is 354 g/mol. The van der Waals surface area contributed by atoms with E-state index in [4.69, 9.17) is 16.3 Å². The summed E-state index contributed by atoms with van der Waals surface area (Å²) in [5.41, 5.74) is 3.94. The fourth-order valence-corrected chi connectivity index (χ4v) is 2.43. The van der Waals surface area contributed by atoms with Crippen LogP contribution in [0.5, 0.6) is 5.75 Å². The summed E-state index contributed by atoms with van der Waals surface area (Å²) in [6.07, 6.45) is 1.54. The maximum absolute atomic E-state index is 11.9. The molecule has 0 atom stereocenters. The zero-order valence-corrected chi connectivity index (χ0v) is 14.2. The van der Waals surface area contributed by atoms with Gasteiger partial charge in [0.1, 0.15) is 5.75 Å². The number of urea groups is 1. The highest BCUT2D eigenvalue weighted by molar-refractivity contribution is 6.30. The van der Waals surface area contributed by atoms with Crippen LogP contribution in [0, 0.1) is 0 Å². The van der Waals surface area contributed by atoms with E-state index >= 15 is 0 Å². The number of carbonyl (C=O) groups excluding carboxylic acids is 1. The van der Waals surface area contributed by atoms with Gasteiger partial charge in [-0.3, -0.25) is 0 Å². The number of nitrogens with one attached hydrogen (secondary N) is 2. The van der Waals surface area contributed by atoms with E-state index in [-0.39, 0.29) is 0 Å². The molecular formula is C19H16ClN3O2. The number of fused-ring (bicyclic) bond motifs is 1. The lowest BCUT2D eigenvalue weighted by Gasteiger charge is -2.07. The minimum Gasteiger partial charge on any atom is -0.497 e. The van der Waals surface area contributed by atoms with Crippen molar-refractivity contribution in [3.63, 3.8) is 0 Å². The minimum absolute atomic E-state index is 0.418. The Bertz CT molecular complexity index is 924. The number of benzene rings is 3. The number of nitrogens with zero attached hydrogens (tertiary/aromatic N) is 1. The molecule has 3 aromatic carbocycles. The van der Waals surface area contributed by atoms with E-state index in [9.17, 15) is 4.79 Å². The quantitative estimate of drug-likeness (QED) is 0.529. The third-order valence-electron chi connectivity index (χ3n) is 3.55. The van der Waals surface area contributed by atoms with Crippen molar-refractivity contribution in [2.24, 2.45) is 5.10 Å². The van der Waals surface area contributed by atoms with E-state index in [1.54, 1.807) is 25.5 Å². The Balaban J connectivity index is 1.62. The average Bonchev–Trinajstić information content (AvgIpc) is 2.63. The lowest BCUT2D eigenvalue weighted by Crippen LogP contribution is -2.24. The molecule has 0 aliphatic rings. The second-order valence-corrected chi connectivity index (χ2v) is 5.74. The number of halogens is 1. The third-order valence-corrected chi connectivity index (χ3v) is 3.81. The van der Waals surface area contributed by atoms with E-state index in [1.807, 2.05) is 48.5 Å². The van der Waals surface area contributed by atoms with Crippen LogP contribution in [0.3, 0.4) is 0 Å². The first-order valence-corrected chi connectivity index (χ1v) is 7.95. The SMILES string of the molecule is COc1ccc2cc(NC(=O)N/N=C/c3ccc(Cl)cc3)ccc2c1. The van der Waals surface area contributed by atoms with E-state index in [2.05, 4.69) is 15.8 Å². The van der Waals surface area contributed by atoms with Gasteiger partial charge >= 0.3 is 6.03 Å². The molecule has 0 fully saturated rings. The zero-order valence-electron chi connectivity index (χ0n) is 13.5. The van der Waals surface area contributed by atoms with Crippen LogP contribution in [-0.2, 0) is 0 Å². The second-order valence-electron chi connectivity index (χ2n) is 5.30. The van der Waals surface area contributed by atoms with Crippen molar-refractivity contribution in [3.8, 4) is 5.75 Å². The van der Waals surface area contributed by atoms with E-state index in [0.29, 0.717) is 10.7 Å². The molecule has 6 heteroatoms. The first-order chi connectivity index (χ1) is 12.1. The van der Waals surface area contributed by atoms with Crippen LogP contribution in [0.2, 0.25) is 5.02 Å². The number of methoxy groups -OCH3 is 1. The van der Waals surface area contributed by atoms with E-state index in [0.717, 1.165) is 22.1 Å². The number of amides is 2. The van der Waals surface area contributed by atoms with Gasteiger partial charge in [0.05, 0.1) is 13.3 Å². The number of carbonyl (C=O) groups is 1. The van der Waals surface area contributed by atoms with Crippen molar-refractivity contribution in [3.05, 3.63) is 71.2 Å². The standard InChI is InChI=1S/C19H16ClN3O2/c1-25-18-9-5-14-10-17(8-4-15(14)11-18)22-19(24)23-21-12-13-2-6-16(20)7-3-13/h2-12H,1H3,(H2,22,23,24)/b21-12+. The summed E-state index contributed by atoms with van der Waals surface area (Å²) < 4.78 is 5.20. The van der Waals surface area contributed by atoms with Crippen LogP contribution in [0.25, 0.3) is 10.8 Å². The Hall–Kier alpha value is -3.05. The molecule has 5 nitrogen and oxygen atoms in total. The van der Waals surface area contributed by atoms with Crippen molar-refractivity contribution in [2.45, 2.75) is 0 Å². The molecule has 0 aliphatic carbocycles. The Labute approximate surface area is 150 Å². The summed E-state index contributed by atoms with van der Waals surface area (Å²) >= 11 is 5.81. The summed E-state index contributed by atoms with van der Waals surface area (Å²) in [6.45, 7) is 0. The number of rotatable bonds is 4. The molecule has 3 aromatic rings. The predicted molar refractivity (Wildman–Crippen MR) is 102 cm³/mol. The number of hydrazone groups is 1. The van der Waals surface area contributed by atoms with Crippen molar-refractivity contribution >= 4 is 40.3 Å². The van der Waals surface area contributed by atoms with Gasteiger partial charge in [-0.25, -0.2) is 10.2 Å². The van der Waals surface area contributed by atoms with Gasteiger partial charge in [-0.15, -0.1) is 0 Å². The van der Waals surface area contributed by atoms with Gasteiger partial charge in [0, 0.05) is 10.7 Å². The molecule has 126 valence electrons. The van der Waals surface area contributed by atoms with Crippen LogP contribution in [-0.4, -0.2) is 19.4 Å². The summed E-state index contributed by atoms with van der Waals surface area (Å²) in [5, 5.41) is 9.33. The van der Waals surface area contributed by atoms with Crippen molar-refractivity contribution in [2.75, 3.05) is 12.4 Å². The summed E-state index contributed by atoms with van der Waals surface area (Å²) in [6, 6.07) is 18.1. The summed E-state index contributed by atoms with van der Waals surface area (Å²) in [4.78, 5) is 11.9. The molecule has 0 heterocycles. The Morgan fingerprint density at radius 3 is 2.52 bits per heavy atom. The van der Waals surface area contributed by atoms with Crippen LogP contribution >= 0.6 is 11.6 Å². The van der Waals surface area contributed by atoms with Gasteiger partial charge in [-0.1, -0.05) is 35.9 Å². The van der Waals surface area contributed by atoms with Gasteiger partial charge in [0.25, 0.3) is 0 Å². The maximum atomic E-state index is 11.9. The molecule has 0 unspecified atom stereocenters. The Kier molecular flexibility index (Phi) is 5.16. The van der Waals surface area contributed by atoms with Crippen molar-refractivity contribution in [1.29, 1.82) is 0 Å². The smallest absolute Gasteiger partial charge is 0.339 e. The normalized spacial score (nSPS) is 10.8. The third kappa shape index (κ3) is 4.49. The van der Waals surface area contributed by atoms with Gasteiger partial charge in [0.2, 0.25) is 0 Å². The summed E-state index contributed by atoms with van der Waals surface area (Å²) in [5.74, 6) is 0.794. The molecule has 0 aromatic heterocycles. The molecule has 2 N–H and O–H groups in total. The molecule has 3 rings (SSSR count). The number of anilines is 1. The molecule has 0 saturated carbocycles. The molecule has 0 aliphatic heterocycles. The van der Waals surface area contributed by atoms with Gasteiger partial charge in [-0.2, -0.15) is 5.10 Å².